The van der Waals surface area contributed by atoms with Gasteiger partial charge in [-0.25, -0.2) is 0 Å². The summed E-state index contributed by atoms with van der Waals surface area (Å²) >= 11 is 0. The van der Waals surface area contributed by atoms with Crippen molar-refractivity contribution < 1.29 is 14.6 Å². The van der Waals surface area contributed by atoms with Gasteiger partial charge in [0.05, 0.1) is 6.10 Å². The van der Waals surface area contributed by atoms with Crippen LogP contribution in [-0.2, 0) is 0 Å². The molecule has 2 atom stereocenters. The van der Waals surface area contributed by atoms with E-state index in [9.17, 15) is 10.2 Å². The first-order valence-electron chi connectivity index (χ1n) is 4.22. The zero-order valence-corrected chi connectivity index (χ0v) is 7.82. The Bertz CT molecular complexity index is 259. The summed E-state index contributed by atoms with van der Waals surface area (Å²) in [5, 5.41) is 21.7. The number of furan rings is 1. The van der Waals surface area contributed by atoms with Crippen molar-refractivity contribution in [3.05, 3.63) is 23.7 Å². The van der Waals surface area contributed by atoms with Crippen LogP contribution in [-0.4, -0.2) is 29.9 Å². The third kappa shape index (κ3) is 2.55. The van der Waals surface area contributed by atoms with E-state index < -0.39 is 12.2 Å². The van der Waals surface area contributed by atoms with E-state index in [1.54, 1.807) is 26.1 Å². The van der Waals surface area contributed by atoms with Gasteiger partial charge in [-0.15, -0.1) is 0 Å². The number of hydrogen-bond acceptors (Lipinski definition) is 4. The van der Waals surface area contributed by atoms with Crippen LogP contribution in [0, 0.1) is 6.92 Å². The molecule has 0 amide bonds. The molecule has 0 aliphatic rings. The van der Waals surface area contributed by atoms with Crippen LogP contribution < -0.4 is 5.32 Å². The average molecular weight is 185 g/mol. The van der Waals surface area contributed by atoms with E-state index >= 15 is 0 Å². The lowest BCUT2D eigenvalue weighted by Gasteiger charge is -2.14. The van der Waals surface area contributed by atoms with Crippen molar-refractivity contribution in [1.82, 2.24) is 5.32 Å². The summed E-state index contributed by atoms with van der Waals surface area (Å²) in [5.41, 5.74) is 0. The molecule has 0 aliphatic carbocycles. The highest BCUT2D eigenvalue weighted by Gasteiger charge is 2.20. The lowest BCUT2D eigenvalue weighted by atomic mass is 10.1. The van der Waals surface area contributed by atoms with Gasteiger partial charge in [-0.05, 0) is 26.1 Å². The van der Waals surface area contributed by atoms with Crippen molar-refractivity contribution in [1.29, 1.82) is 0 Å². The molecule has 2 unspecified atom stereocenters. The van der Waals surface area contributed by atoms with Gasteiger partial charge in [-0.1, -0.05) is 0 Å². The van der Waals surface area contributed by atoms with Gasteiger partial charge in [0.15, 0.2) is 0 Å². The molecule has 3 N–H and O–H groups in total. The first-order chi connectivity index (χ1) is 6.15. The highest BCUT2D eigenvalue weighted by Crippen LogP contribution is 2.18. The van der Waals surface area contributed by atoms with Gasteiger partial charge in [0.1, 0.15) is 17.6 Å². The highest BCUT2D eigenvalue weighted by atomic mass is 16.4. The maximum Gasteiger partial charge on any atom is 0.139 e. The van der Waals surface area contributed by atoms with E-state index in [0.717, 1.165) is 5.76 Å². The van der Waals surface area contributed by atoms with E-state index in [1.165, 1.54) is 0 Å². The molecule has 4 nitrogen and oxygen atoms in total. The molecule has 13 heavy (non-hydrogen) atoms. The molecular weight excluding hydrogens is 170 g/mol. The number of aliphatic hydroxyl groups excluding tert-OH is 2. The molecule has 1 heterocycles. The number of aryl methyl sites for hydroxylation is 1. The van der Waals surface area contributed by atoms with E-state index in [2.05, 4.69) is 5.32 Å². The zero-order valence-electron chi connectivity index (χ0n) is 7.82. The summed E-state index contributed by atoms with van der Waals surface area (Å²) in [7, 11) is 1.71. The SMILES string of the molecule is CNCC(O)C(O)c1ccc(C)o1. The molecule has 1 aromatic heterocycles. The normalized spacial score (nSPS) is 15.7. The van der Waals surface area contributed by atoms with Crippen LogP contribution in [0.25, 0.3) is 0 Å². The average Bonchev–Trinajstić information content (AvgIpc) is 2.51. The second-order valence-corrected chi connectivity index (χ2v) is 3.02. The van der Waals surface area contributed by atoms with Gasteiger partial charge >= 0.3 is 0 Å². The molecule has 0 saturated carbocycles. The predicted octanol–water partition coefficient (Wildman–Crippen LogP) is 0.202. The van der Waals surface area contributed by atoms with Crippen LogP contribution in [0.15, 0.2) is 16.5 Å². The van der Waals surface area contributed by atoms with Crippen molar-refractivity contribution >= 4 is 0 Å². The van der Waals surface area contributed by atoms with Crippen LogP contribution in [0.5, 0.6) is 0 Å². The van der Waals surface area contributed by atoms with Crippen LogP contribution in [0.4, 0.5) is 0 Å². The molecule has 1 aromatic rings. The second kappa shape index (κ2) is 4.41. The predicted molar refractivity (Wildman–Crippen MR) is 48.3 cm³/mol. The number of likely N-dealkylation sites (N-methyl/N-ethyl adjacent to an activating group) is 1. The Balaban J connectivity index is 2.61. The minimum atomic E-state index is -0.957. The maximum absolute atomic E-state index is 9.55. The Morgan fingerprint density at radius 2 is 2.15 bits per heavy atom. The van der Waals surface area contributed by atoms with Crippen molar-refractivity contribution in [2.75, 3.05) is 13.6 Å². The van der Waals surface area contributed by atoms with Crippen molar-refractivity contribution in [3.63, 3.8) is 0 Å². The summed E-state index contributed by atoms with van der Waals surface area (Å²) in [5.74, 6) is 1.13. The molecule has 0 saturated heterocycles. The summed E-state index contributed by atoms with van der Waals surface area (Å²) < 4.78 is 5.17. The quantitative estimate of drug-likeness (QED) is 0.627. The van der Waals surface area contributed by atoms with Gasteiger partial charge in [0, 0.05) is 6.54 Å². The van der Waals surface area contributed by atoms with E-state index in [0.29, 0.717) is 12.3 Å². The third-order valence-corrected chi connectivity index (χ3v) is 1.83. The summed E-state index contributed by atoms with van der Waals surface area (Å²) in [4.78, 5) is 0. The Labute approximate surface area is 77.2 Å². The lowest BCUT2D eigenvalue weighted by Crippen LogP contribution is -2.29. The summed E-state index contributed by atoms with van der Waals surface area (Å²) in [6.45, 7) is 2.13. The Kier molecular flexibility index (Phi) is 3.48. The fourth-order valence-electron chi connectivity index (χ4n) is 1.12. The number of rotatable bonds is 4. The Morgan fingerprint density at radius 3 is 2.62 bits per heavy atom. The van der Waals surface area contributed by atoms with Crippen LogP contribution in [0.1, 0.15) is 17.6 Å². The molecule has 0 radical (unpaired) electrons. The minimum absolute atomic E-state index is 0.334. The second-order valence-electron chi connectivity index (χ2n) is 3.02. The zero-order chi connectivity index (χ0) is 9.84. The fourth-order valence-corrected chi connectivity index (χ4v) is 1.12. The van der Waals surface area contributed by atoms with Gasteiger partial charge in [0.2, 0.25) is 0 Å². The first kappa shape index (κ1) is 10.2. The Morgan fingerprint density at radius 1 is 1.46 bits per heavy atom. The highest BCUT2D eigenvalue weighted by molar-refractivity contribution is 5.09. The van der Waals surface area contributed by atoms with Gasteiger partial charge in [-0.3, -0.25) is 0 Å². The van der Waals surface area contributed by atoms with Crippen molar-refractivity contribution in [3.8, 4) is 0 Å². The van der Waals surface area contributed by atoms with Gasteiger partial charge < -0.3 is 19.9 Å². The van der Waals surface area contributed by atoms with E-state index in [1.807, 2.05) is 0 Å². The third-order valence-electron chi connectivity index (χ3n) is 1.83. The van der Waals surface area contributed by atoms with E-state index in [4.69, 9.17) is 4.42 Å². The number of aliphatic hydroxyl groups is 2. The fraction of sp³-hybridized carbons (Fsp3) is 0.556. The molecule has 0 bridgehead atoms. The lowest BCUT2D eigenvalue weighted by molar-refractivity contribution is 0.00698. The number of hydrogen-bond donors (Lipinski definition) is 3. The largest absolute Gasteiger partial charge is 0.464 e. The molecule has 4 heteroatoms. The van der Waals surface area contributed by atoms with E-state index in [-0.39, 0.29) is 0 Å². The molecule has 74 valence electrons. The topological polar surface area (TPSA) is 65.6 Å². The number of nitrogens with one attached hydrogen (secondary N) is 1. The van der Waals surface area contributed by atoms with Gasteiger partial charge in [-0.2, -0.15) is 0 Å². The smallest absolute Gasteiger partial charge is 0.139 e. The van der Waals surface area contributed by atoms with Crippen LogP contribution in [0.3, 0.4) is 0 Å². The molecule has 0 aliphatic heterocycles. The first-order valence-corrected chi connectivity index (χ1v) is 4.22. The minimum Gasteiger partial charge on any atom is -0.464 e. The molecule has 0 spiro atoms. The standard InChI is InChI=1S/C9H15NO3/c1-6-3-4-8(13-6)9(12)7(11)5-10-2/h3-4,7,9-12H,5H2,1-2H3. The molecule has 1 rings (SSSR count). The van der Waals surface area contributed by atoms with Crippen molar-refractivity contribution in [2.24, 2.45) is 0 Å². The maximum atomic E-state index is 9.55. The molecule has 0 aromatic carbocycles. The van der Waals surface area contributed by atoms with Crippen LogP contribution in [0.2, 0.25) is 0 Å². The van der Waals surface area contributed by atoms with Gasteiger partial charge in [0.25, 0.3) is 0 Å². The summed E-state index contributed by atoms with van der Waals surface area (Å²) in [6, 6.07) is 3.42. The van der Waals surface area contributed by atoms with Crippen molar-refractivity contribution in [2.45, 2.75) is 19.1 Å². The summed E-state index contributed by atoms with van der Waals surface area (Å²) in [6.07, 6.45) is -1.79. The Hall–Kier alpha value is -0.840. The molecule has 0 fully saturated rings. The molecular formula is C9H15NO3. The monoisotopic (exact) mass is 185 g/mol. The van der Waals surface area contributed by atoms with Crippen LogP contribution >= 0.6 is 0 Å².